The van der Waals surface area contributed by atoms with Gasteiger partial charge in [-0.15, -0.1) is 0 Å². The third-order valence-corrected chi connectivity index (χ3v) is 4.33. The van der Waals surface area contributed by atoms with E-state index in [-0.39, 0.29) is 17.8 Å². The fraction of sp³-hybridized carbons (Fsp3) is 0.615. The van der Waals surface area contributed by atoms with Gasteiger partial charge in [-0.05, 0) is 47.3 Å². The van der Waals surface area contributed by atoms with E-state index >= 15 is 0 Å². The van der Waals surface area contributed by atoms with Crippen LogP contribution in [0.25, 0.3) is 0 Å². The van der Waals surface area contributed by atoms with Crippen LogP contribution in [0, 0.1) is 5.92 Å². The van der Waals surface area contributed by atoms with Crippen LogP contribution in [-0.4, -0.2) is 24.6 Å². The Labute approximate surface area is 124 Å². The zero-order chi connectivity index (χ0) is 14.9. The normalized spacial score (nSPS) is 23.1. The van der Waals surface area contributed by atoms with Crippen molar-refractivity contribution in [1.82, 2.24) is 4.98 Å². The van der Waals surface area contributed by atoms with Crippen molar-refractivity contribution in [3.05, 3.63) is 22.3 Å². The molecule has 112 valence electrons. The molecule has 2 atom stereocenters. The predicted octanol–water partition coefficient (Wildman–Crippen LogP) is 3.43. The monoisotopic (exact) mass is 351 g/mol. The molecular weight excluding hydrogens is 335 g/mol. The Kier molecular flexibility index (Phi) is 4.59. The van der Waals surface area contributed by atoms with Crippen molar-refractivity contribution >= 4 is 21.7 Å². The molecule has 1 fully saturated rings. The number of anilines is 1. The van der Waals surface area contributed by atoms with Crippen molar-refractivity contribution in [1.29, 1.82) is 0 Å². The Bertz CT molecular complexity index is 478. The smallest absolute Gasteiger partial charge is 0.356 e. The van der Waals surface area contributed by atoms with Crippen molar-refractivity contribution in [3.8, 4) is 0 Å². The van der Waals surface area contributed by atoms with Gasteiger partial charge < -0.3 is 10.6 Å². The highest BCUT2D eigenvalue weighted by Crippen LogP contribution is 2.39. The lowest BCUT2D eigenvalue weighted by Gasteiger charge is -2.31. The summed E-state index contributed by atoms with van der Waals surface area (Å²) in [6, 6.07) is 1.10. The first-order valence-electron chi connectivity index (χ1n) is 6.50. The molecule has 0 spiro atoms. The molecule has 0 aromatic carbocycles. The van der Waals surface area contributed by atoms with Gasteiger partial charge in [0, 0.05) is 23.8 Å². The maximum absolute atomic E-state index is 13.1. The van der Waals surface area contributed by atoms with Gasteiger partial charge in [0.1, 0.15) is 5.82 Å². The zero-order valence-corrected chi connectivity index (χ0v) is 12.7. The fourth-order valence-corrected chi connectivity index (χ4v) is 3.21. The molecule has 3 nitrogen and oxygen atoms in total. The second-order valence-corrected chi connectivity index (χ2v) is 6.04. The van der Waals surface area contributed by atoms with Crippen molar-refractivity contribution < 1.29 is 13.2 Å². The summed E-state index contributed by atoms with van der Waals surface area (Å²) in [5.74, 6) is 0.206. The van der Waals surface area contributed by atoms with E-state index in [1.54, 1.807) is 11.9 Å². The summed E-state index contributed by atoms with van der Waals surface area (Å²) in [7, 11) is 1.67. The van der Waals surface area contributed by atoms with Crippen LogP contribution in [0.4, 0.5) is 19.0 Å². The molecule has 1 heterocycles. The van der Waals surface area contributed by atoms with Gasteiger partial charge in [-0.25, -0.2) is 4.98 Å². The van der Waals surface area contributed by atoms with Crippen LogP contribution >= 0.6 is 15.9 Å². The molecule has 1 aliphatic rings. The highest BCUT2D eigenvalue weighted by molar-refractivity contribution is 9.10. The molecule has 0 radical (unpaired) electrons. The maximum atomic E-state index is 13.1. The average Bonchev–Trinajstić information content (AvgIpc) is 2.85. The fourth-order valence-electron chi connectivity index (χ4n) is 2.88. The van der Waals surface area contributed by atoms with Gasteiger partial charge in [0.05, 0.1) is 5.56 Å². The number of nitrogens with two attached hydrogens (primary N) is 1. The van der Waals surface area contributed by atoms with Crippen molar-refractivity contribution in [2.75, 3.05) is 18.5 Å². The average molecular weight is 352 g/mol. The maximum Gasteiger partial charge on any atom is 0.419 e. The number of halogens is 4. The lowest BCUT2D eigenvalue weighted by molar-refractivity contribution is -0.137. The summed E-state index contributed by atoms with van der Waals surface area (Å²) >= 11 is 3.05. The highest BCUT2D eigenvalue weighted by atomic mass is 79.9. The van der Waals surface area contributed by atoms with E-state index in [2.05, 4.69) is 20.9 Å². The van der Waals surface area contributed by atoms with E-state index in [0.717, 1.165) is 25.3 Å². The third-order valence-electron chi connectivity index (χ3n) is 3.89. The van der Waals surface area contributed by atoms with E-state index in [4.69, 9.17) is 5.73 Å². The highest BCUT2D eigenvalue weighted by Gasteiger charge is 2.38. The number of aromatic nitrogens is 1. The summed E-state index contributed by atoms with van der Waals surface area (Å²) in [4.78, 5) is 5.61. The van der Waals surface area contributed by atoms with E-state index < -0.39 is 11.7 Å². The van der Waals surface area contributed by atoms with Crippen LogP contribution < -0.4 is 10.6 Å². The van der Waals surface area contributed by atoms with E-state index in [0.29, 0.717) is 11.0 Å². The van der Waals surface area contributed by atoms with Crippen LogP contribution in [0.15, 0.2) is 16.7 Å². The van der Waals surface area contributed by atoms with Gasteiger partial charge in [0.15, 0.2) is 0 Å². The van der Waals surface area contributed by atoms with Gasteiger partial charge >= 0.3 is 6.18 Å². The number of pyridine rings is 1. The Morgan fingerprint density at radius 2 is 2.15 bits per heavy atom. The standard InChI is InChI=1S/C13H17BrF3N3/c1-20(11-4-2-3-8(11)6-18)12-10(13(15,16)17)5-9(14)7-19-12/h5,7-8,11H,2-4,6,18H2,1H3. The number of nitrogens with zero attached hydrogens (tertiary/aromatic N) is 2. The first kappa shape index (κ1) is 15.6. The molecular formula is C13H17BrF3N3. The molecule has 20 heavy (non-hydrogen) atoms. The Hall–Kier alpha value is -0.820. The van der Waals surface area contributed by atoms with Gasteiger partial charge in [-0.1, -0.05) is 6.42 Å². The topological polar surface area (TPSA) is 42.2 Å². The van der Waals surface area contributed by atoms with Crippen LogP contribution in [0.1, 0.15) is 24.8 Å². The lowest BCUT2D eigenvalue weighted by Crippen LogP contribution is -2.39. The zero-order valence-electron chi connectivity index (χ0n) is 11.1. The second-order valence-electron chi connectivity index (χ2n) is 5.13. The largest absolute Gasteiger partial charge is 0.419 e. The van der Waals surface area contributed by atoms with Gasteiger partial charge in [0.25, 0.3) is 0 Å². The Morgan fingerprint density at radius 3 is 2.75 bits per heavy atom. The van der Waals surface area contributed by atoms with Gasteiger partial charge in [-0.3, -0.25) is 0 Å². The summed E-state index contributed by atoms with van der Waals surface area (Å²) < 4.78 is 39.8. The molecule has 2 unspecified atom stereocenters. The van der Waals surface area contributed by atoms with Gasteiger partial charge in [-0.2, -0.15) is 13.2 Å². The van der Waals surface area contributed by atoms with Crippen LogP contribution in [0.5, 0.6) is 0 Å². The van der Waals surface area contributed by atoms with Crippen molar-refractivity contribution in [3.63, 3.8) is 0 Å². The molecule has 2 N–H and O–H groups in total. The molecule has 0 amide bonds. The summed E-state index contributed by atoms with van der Waals surface area (Å²) in [6.45, 7) is 0.493. The van der Waals surface area contributed by atoms with Crippen LogP contribution in [0.2, 0.25) is 0 Å². The minimum absolute atomic E-state index is 0.0222. The minimum Gasteiger partial charge on any atom is -0.356 e. The molecule has 0 bridgehead atoms. The second kappa shape index (κ2) is 5.89. The summed E-state index contributed by atoms with van der Waals surface area (Å²) in [6.07, 6.45) is -0.212. The molecule has 2 rings (SSSR count). The Balaban J connectivity index is 2.37. The van der Waals surface area contributed by atoms with E-state index in [9.17, 15) is 13.2 Å². The first-order valence-corrected chi connectivity index (χ1v) is 7.29. The molecule has 1 aromatic rings. The number of rotatable bonds is 3. The van der Waals surface area contributed by atoms with Crippen molar-refractivity contribution in [2.45, 2.75) is 31.5 Å². The minimum atomic E-state index is -4.42. The molecule has 1 saturated carbocycles. The molecule has 0 saturated heterocycles. The van der Waals surface area contributed by atoms with E-state index in [1.165, 1.54) is 6.20 Å². The lowest BCUT2D eigenvalue weighted by atomic mass is 10.0. The first-order chi connectivity index (χ1) is 9.34. The number of hydrogen-bond acceptors (Lipinski definition) is 3. The number of hydrogen-bond donors (Lipinski definition) is 1. The summed E-state index contributed by atoms with van der Waals surface area (Å²) in [5.41, 5.74) is 5.00. The van der Waals surface area contributed by atoms with E-state index in [1.807, 2.05) is 0 Å². The van der Waals surface area contributed by atoms with Crippen LogP contribution in [-0.2, 0) is 6.18 Å². The van der Waals surface area contributed by atoms with Gasteiger partial charge in [0.2, 0.25) is 0 Å². The SMILES string of the molecule is CN(c1ncc(Br)cc1C(F)(F)F)C1CCCC1CN. The molecule has 1 aromatic heterocycles. The van der Waals surface area contributed by atoms with Crippen LogP contribution in [0.3, 0.4) is 0 Å². The van der Waals surface area contributed by atoms with Crippen molar-refractivity contribution in [2.24, 2.45) is 11.7 Å². The Morgan fingerprint density at radius 1 is 1.45 bits per heavy atom. The molecule has 7 heteroatoms. The predicted molar refractivity (Wildman–Crippen MR) is 75.5 cm³/mol. The molecule has 0 aliphatic heterocycles. The summed E-state index contributed by atoms with van der Waals surface area (Å²) in [5, 5.41) is 0. The number of alkyl halides is 3. The third kappa shape index (κ3) is 3.09. The quantitative estimate of drug-likeness (QED) is 0.906. The molecule has 1 aliphatic carbocycles.